The molecule has 2 aromatic carbocycles. The van der Waals surface area contributed by atoms with Gasteiger partial charge in [-0.25, -0.2) is 0 Å². The molecular weight excluding hydrogens is 623 g/mol. The third-order valence-electron chi connectivity index (χ3n) is 8.26. The number of hydrogen-bond acceptors (Lipinski definition) is 4. The molecule has 0 fully saturated rings. The van der Waals surface area contributed by atoms with E-state index in [-0.39, 0.29) is 28.3 Å². The van der Waals surface area contributed by atoms with E-state index in [0.29, 0.717) is 26.7 Å². The molecule has 0 saturated carbocycles. The topological polar surface area (TPSA) is 37.4 Å². The molecule has 1 atom stereocenters. The van der Waals surface area contributed by atoms with Crippen LogP contribution >= 0.6 is 11.3 Å². The van der Waals surface area contributed by atoms with Crippen LogP contribution in [0.5, 0.6) is 0 Å². The Balaban J connectivity index is 1.52. The number of alkyl halides is 3. The van der Waals surface area contributed by atoms with E-state index in [2.05, 4.69) is 0 Å². The molecule has 0 bridgehead atoms. The zero-order chi connectivity index (χ0) is 26.8. The summed E-state index contributed by atoms with van der Waals surface area (Å²) in [5.74, 6) is -0.658. The summed E-state index contributed by atoms with van der Waals surface area (Å²) in [7, 11) is 0. The fourth-order valence-corrected chi connectivity index (χ4v) is 9.66. The summed E-state index contributed by atoms with van der Waals surface area (Å²) in [6, 6.07) is 14.5. The van der Waals surface area contributed by atoms with Gasteiger partial charge in [0.15, 0.2) is 0 Å². The third-order valence-corrected chi connectivity index (χ3v) is 11.4. The summed E-state index contributed by atoms with van der Waals surface area (Å²) >= 11 is 0.572. The number of ketones is 2. The van der Waals surface area contributed by atoms with Crippen molar-refractivity contribution in [2.75, 3.05) is 4.90 Å². The molecule has 190 valence electrons. The van der Waals surface area contributed by atoms with E-state index < -0.39 is 37.4 Å². The van der Waals surface area contributed by atoms with Gasteiger partial charge in [0.2, 0.25) is 0 Å². The number of carbonyl (C=O) groups excluding carboxylic acids is 2. The molecule has 38 heavy (non-hydrogen) atoms. The maximum absolute atomic E-state index is 15.1. The molecule has 0 saturated heterocycles. The van der Waals surface area contributed by atoms with E-state index in [0.717, 1.165) is 16.8 Å². The molecule has 0 radical (unpaired) electrons. The van der Waals surface area contributed by atoms with Crippen molar-refractivity contribution in [2.24, 2.45) is 0 Å². The molecule has 0 spiro atoms. The van der Waals surface area contributed by atoms with Crippen LogP contribution in [0.25, 0.3) is 6.08 Å². The number of Topliss-reactive ketones (excluding diaryl/α,β-unsaturated/α-hetero) is 2. The second-order valence-electron chi connectivity index (χ2n) is 10.6. The first-order valence-corrected chi connectivity index (χ1v) is 15.6. The summed E-state index contributed by atoms with van der Waals surface area (Å²) in [6.07, 6.45) is -3.10. The summed E-state index contributed by atoms with van der Waals surface area (Å²) in [4.78, 5) is 28.3. The molecule has 4 aromatic rings. The normalized spacial score (nSPS) is 20.7. The van der Waals surface area contributed by atoms with Crippen LogP contribution in [-0.2, 0) is 10.8 Å². The SMILES string of the molecule is CC1(C)c2ccccc2N2c3sc(C=C4C(=O)c5c[te]cc5C4=O)cc3C(C)(C(F)(F)F)c3cccc1c32. The first-order valence-electron chi connectivity index (χ1n) is 12.1. The van der Waals surface area contributed by atoms with E-state index >= 15 is 13.2 Å². The molecule has 0 N–H and O–H groups in total. The Bertz CT molecular complexity index is 1730. The number of halogens is 3. The van der Waals surface area contributed by atoms with Gasteiger partial charge in [-0.1, -0.05) is 19.9 Å². The molecule has 8 heteroatoms. The predicted octanol–water partition coefficient (Wildman–Crippen LogP) is 7.56. The Labute approximate surface area is 230 Å². The first-order chi connectivity index (χ1) is 18.0. The average Bonchev–Trinajstić information content (AvgIpc) is 3.58. The van der Waals surface area contributed by atoms with Crippen molar-refractivity contribution in [1.82, 2.24) is 0 Å². The molecule has 2 aliphatic heterocycles. The zero-order valence-electron chi connectivity index (χ0n) is 20.6. The molecule has 0 amide bonds. The van der Waals surface area contributed by atoms with Crippen molar-refractivity contribution in [1.29, 1.82) is 0 Å². The van der Waals surface area contributed by atoms with Gasteiger partial charge in [-0.05, 0) is 0 Å². The van der Waals surface area contributed by atoms with Gasteiger partial charge in [-0.2, -0.15) is 0 Å². The van der Waals surface area contributed by atoms with Crippen LogP contribution in [0, 0.1) is 0 Å². The van der Waals surface area contributed by atoms with Gasteiger partial charge in [0.1, 0.15) is 0 Å². The molecule has 1 aliphatic carbocycles. The Hall–Kier alpha value is -2.92. The van der Waals surface area contributed by atoms with Gasteiger partial charge in [-0.3, -0.25) is 0 Å². The van der Waals surface area contributed by atoms with Crippen molar-refractivity contribution in [3.63, 3.8) is 0 Å². The van der Waals surface area contributed by atoms with E-state index in [1.165, 1.54) is 30.4 Å². The number of thiophene rings is 1. The third kappa shape index (κ3) is 2.86. The molecular formula is C30H20F3NO2STe. The average molecular weight is 643 g/mol. The van der Waals surface area contributed by atoms with Gasteiger partial charge in [0.25, 0.3) is 0 Å². The fraction of sp³-hybridized carbons (Fsp3) is 0.200. The standard InChI is InChI=1S/C30H20F3NO2STe/c1-28(2)19-7-4-5-10-23(19)34-24-20(28)8-6-9-21(24)29(3,30(31,32)33)22-12-15(37-27(22)34)11-16-25(35)17-13-38-14-18(17)26(16)36/h4-14H,1-3H3. The zero-order valence-corrected chi connectivity index (χ0v) is 23.7. The number of fused-ring (bicyclic) bond motifs is 5. The van der Waals surface area contributed by atoms with E-state index in [1.54, 1.807) is 12.1 Å². The monoisotopic (exact) mass is 645 g/mol. The van der Waals surface area contributed by atoms with Crippen LogP contribution in [0.2, 0.25) is 0 Å². The van der Waals surface area contributed by atoms with Crippen LogP contribution in [0.4, 0.5) is 29.5 Å². The Morgan fingerprint density at radius 2 is 1.50 bits per heavy atom. The minimum atomic E-state index is -4.58. The number of carbonyl (C=O) groups is 2. The van der Waals surface area contributed by atoms with Gasteiger partial charge >= 0.3 is 212 Å². The number of rotatable bonds is 1. The molecule has 3 nitrogen and oxygen atoms in total. The number of para-hydroxylation sites is 2. The van der Waals surface area contributed by atoms with E-state index in [1.807, 2.05) is 57.2 Å². The van der Waals surface area contributed by atoms with Gasteiger partial charge < -0.3 is 0 Å². The van der Waals surface area contributed by atoms with Crippen molar-refractivity contribution >= 4 is 65.8 Å². The van der Waals surface area contributed by atoms with Crippen LogP contribution in [-0.4, -0.2) is 38.2 Å². The molecule has 2 aromatic heterocycles. The molecule has 4 heterocycles. The van der Waals surface area contributed by atoms with Crippen molar-refractivity contribution in [3.8, 4) is 0 Å². The Morgan fingerprint density at radius 3 is 2.18 bits per heavy atom. The van der Waals surface area contributed by atoms with Gasteiger partial charge in [0, 0.05) is 0 Å². The second-order valence-corrected chi connectivity index (χ2v) is 13.8. The first kappa shape index (κ1) is 24.1. The van der Waals surface area contributed by atoms with Gasteiger partial charge in [0.05, 0.1) is 0 Å². The quantitative estimate of drug-likeness (QED) is 0.122. The Kier molecular flexibility index (Phi) is 4.82. The molecule has 7 rings (SSSR count). The van der Waals surface area contributed by atoms with Crippen molar-refractivity contribution < 1.29 is 22.8 Å². The number of anilines is 3. The Morgan fingerprint density at radius 1 is 0.868 bits per heavy atom. The number of hydrogen-bond donors (Lipinski definition) is 0. The molecule has 1 unspecified atom stereocenters. The predicted molar refractivity (Wildman–Crippen MR) is 144 cm³/mol. The van der Waals surface area contributed by atoms with Gasteiger partial charge in [-0.15, -0.1) is 0 Å². The minimum absolute atomic E-state index is 0.0281. The summed E-state index contributed by atoms with van der Waals surface area (Å²) in [5, 5.41) is 0.461. The van der Waals surface area contributed by atoms with Crippen LogP contribution < -0.4 is 4.90 Å². The number of nitrogens with zero attached hydrogens (tertiary/aromatic N) is 1. The number of allylic oxidation sites excluding steroid dienone is 1. The van der Waals surface area contributed by atoms with Crippen molar-refractivity contribution in [3.05, 3.63) is 101 Å². The van der Waals surface area contributed by atoms with E-state index in [4.69, 9.17) is 0 Å². The second kappa shape index (κ2) is 7.59. The van der Waals surface area contributed by atoms with Crippen LogP contribution in [0.15, 0.2) is 62.3 Å². The number of benzene rings is 2. The van der Waals surface area contributed by atoms with Crippen LogP contribution in [0.3, 0.4) is 0 Å². The summed E-state index contributed by atoms with van der Waals surface area (Å²) in [6.45, 7) is 5.33. The summed E-state index contributed by atoms with van der Waals surface area (Å²) in [5.41, 5.74) is 1.76. The van der Waals surface area contributed by atoms with E-state index in [9.17, 15) is 9.59 Å². The van der Waals surface area contributed by atoms with Crippen molar-refractivity contribution in [2.45, 2.75) is 37.8 Å². The molecule has 3 aliphatic rings. The van der Waals surface area contributed by atoms with Crippen LogP contribution in [0.1, 0.15) is 68.6 Å². The fourth-order valence-electron chi connectivity index (χ4n) is 6.13. The maximum atomic E-state index is 15.1. The summed E-state index contributed by atoms with van der Waals surface area (Å²) < 4.78 is 49.0.